The molecule has 1 aromatic heterocycles. The third-order valence-electron chi connectivity index (χ3n) is 2.80. The van der Waals surface area contributed by atoms with Crippen LogP contribution in [0.1, 0.15) is 24.5 Å². The lowest BCUT2D eigenvalue weighted by Gasteiger charge is -2.11. The monoisotopic (exact) mass is 209 g/mol. The van der Waals surface area contributed by atoms with Gasteiger partial charge in [-0.05, 0) is 19.8 Å². The van der Waals surface area contributed by atoms with Crippen molar-refractivity contribution in [1.29, 1.82) is 0 Å². The second kappa shape index (κ2) is 3.66. The molecule has 5 heteroatoms. The molecule has 1 aromatic rings. The Hall–Kier alpha value is -1.36. The van der Waals surface area contributed by atoms with Gasteiger partial charge in [0, 0.05) is 6.54 Å². The normalized spacial score (nSPS) is 17.5. The minimum absolute atomic E-state index is 0.0147. The molecule has 0 bridgehead atoms. The van der Waals surface area contributed by atoms with E-state index in [1.807, 2.05) is 6.92 Å². The number of hydrogen-bond donors (Lipinski definition) is 2. The topological polar surface area (TPSA) is 81.2 Å². The summed E-state index contributed by atoms with van der Waals surface area (Å²) >= 11 is 0. The van der Waals surface area contributed by atoms with Gasteiger partial charge in [0.1, 0.15) is 5.76 Å². The van der Waals surface area contributed by atoms with Crippen LogP contribution in [-0.4, -0.2) is 17.4 Å². The second-order valence-electron chi connectivity index (χ2n) is 4.03. The van der Waals surface area contributed by atoms with Crippen molar-refractivity contribution < 1.29 is 9.21 Å². The first-order chi connectivity index (χ1) is 7.16. The van der Waals surface area contributed by atoms with Gasteiger partial charge < -0.3 is 15.5 Å². The third-order valence-corrected chi connectivity index (χ3v) is 2.80. The number of nitrogens with zero attached hydrogens (tertiary/aromatic N) is 1. The van der Waals surface area contributed by atoms with Crippen LogP contribution in [0, 0.1) is 12.3 Å². The summed E-state index contributed by atoms with van der Waals surface area (Å²) in [6.07, 6.45) is 3.41. The maximum Gasteiger partial charge on any atom is 0.227 e. The Morgan fingerprint density at radius 3 is 2.93 bits per heavy atom. The van der Waals surface area contributed by atoms with Gasteiger partial charge in [-0.2, -0.15) is 0 Å². The number of aromatic nitrogens is 1. The molecule has 15 heavy (non-hydrogen) atoms. The molecule has 1 saturated carbocycles. The summed E-state index contributed by atoms with van der Waals surface area (Å²) in [5, 5.41) is 2.79. The SMILES string of the molecule is Cc1cnc(CNC(=O)C2(CN)CC2)o1. The summed E-state index contributed by atoms with van der Waals surface area (Å²) in [6.45, 7) is 2.58. The Kier molecular flexibility index (Phi) is 2.48. The molecule has 0 aliphatic heterocycles. The van der Waals surface area contributed by atoms with Crippen LogP contribution >= 0.6 is 0 Å². The highest BCUT2D eigenvalue weighted by atomic mass is 16.4. The van der Waals surface area contributed by atoms with Crippen LogP contribution in [0.4, 0.5) is 0 Å². The van der Waals surface area contributed by atoms with E-state index in [0.717, 1.165) is 18.6 Å². The fourth-order valence-electron chi connectivity index (χ4n) is 1.50. The molecule has 0 saturated heterocycles. The number of amides is 1. The van der Waals surface area contributed by atoms with Gasteiger partial charge in [-0.15, -0.1) is 0 Å². The molecule has 1 heterocycles. The van der Waals surface area contributed by atoms with Gasteiger partial charge in [0.2, 0.25) is 11.8 Å². The quantitative estimate of drug-likeness (QED) is 0.749. The van der Waals surface area contributed by atoms with Gasteiger partial charge >= 0.3 is 0 Å². The molecule has 1 aliphatic rings. The summed E-state index contributed by atoms with van der Waals surface area (Å²) in [5.74, 6) is 1.30. The molecule has 5 nitrogen and oxygen atoms in total. The maximum atomic E-state index is 11.7. The molecular formula is C10H15N3O2. The van der Waals surface area contributed by atoms with Crippen molar-refractivity contribution in [3.8, 4) is 0 Å². The van der Waals surface area contributed by atoms with Gasteiger partial charge in [-0.1, -0.05) is 0 Å². The van der Waals surface area contributed by atoms with Crippen molar-refractivity contribution in [2.24, 2.45) is 11.1 Å². The number of carbonyl (C=O) groups is 1. The predicted octanol–water partition coefficient (Wildman–Crippen LogP) is 0.338. The zero-order valence-corrected chi connectivity index (χ0v) is 8.75. The number of nitrogens with one attached hydrogen (secondary N) is 1. The standard InChI is InChI=1S/C10H15N3O2/c1-7-4-12-8(15-7)5-13-9(14)10(6-11)2-3-10/h4H,2-3,5-6,11H2,1H3,(H,13,14). The average Bonchev–Trinajstić information content (AvgIpc) is 2.93. The minimum atomic E-state index is -0.304. The lowest BCUT2D eigenvalue weighted by Crippen LogP contribution is -2.36. The van der Waals surface area contributed by atoms with E-state index in [1.54, 1.807) is 6.20 Å². The van der Waals surface area contributed by atoms with Crippen molar-refractivity contribution in [3.05, 3.63) is 17.8 Å². The average molecular weight is 209 g/mol. The molecule has 1 amide bonds. The van der Waals surface area contributed by atoms with Crippen molar-refractivity contribution in [2.45, 2.75) is 26.3 Å². The van der Waals surface area contributed by atoms with Crippen molar-refractivity contribution in [1.82, 2.24) is 10.3 Å². The Morgan fingerprint density at radius 1 is 1.73 bits per heavy atom. The van der Waals surface area contributed by atoms with E-state index < -0.39 is 0 Å². The van der Waals surface area contributed by atoms with Gasteiger partial charge in [-0.25, -0.2) is 4.98 Å². The number of carbonyl (C=O) groups excluding carboxylic acids is 1. The molecule has 2 rings (SSSR count). The molecule has 82 valence electrons. The van der Waals surface area contributed by atoms with E-state index in [1.165, 1.54) is 0 Å². The molecule has 1 aliphatic carbocycles. The van der Waals surface area contributed by atoms with Crippen molar-refractivity contribution in [2.75, 3.05) is 6.54 Å². The van der Waals surface area contributed by atoms with Gasteiger partial charge in [-0.3, -0.25) is 4.79 Å². The highest BCUT2D eigenvalue weighted by Crippen LogP contribution is 2.44. The van der Waals surface area contributed by atoms with Crippen LogP contribution in [0.15, 0.2) is 10.6 Å². The van der Waals surface area contributed by atoms with E-state index in [4.69, 9.17) is 10.2 Å². The van der Waals surface area contributed by atoms with Crippen LogP contribution in [-0.2, 0) is 11.3 Å². The Bertz CT molecular complexity index is 368. The van der Waals surface area contributed by atoms with Crippen LogP contribution in [0.3, 0.4) is 0 Å². The van der Waals surface area contributed by atoms with Crippen LogP contribution in [0.5, 0.6) is 0 Å². The van der Waals surface area contributed by atoms with Crippen molar-refractivity contribution >= 4 is 5.91 Å². The van der Waals surface area contributed by atoms with Crippen LogP contribution < -0.4 is 11.1 Å². The number of aryl methyl sites for hydroxylation is 1. The lowest BCUT2D eigenvalue weighted by atomic mass is 10.1. The van der Waals surface area contributed by atoms with Gasteiger partial charge in [0.15, 0.2) is 0 Å². The lowest BCUT2D eigenvalue weighted by molar-refractivity contribution is -0.126. The molecule has 0 unspecified atom stereocenters. The number of rotatable bonds is 4. The molecular weight excluding hydrogens is 194 g/mol. The maximum absolute atomic E-state index is 11.7. The fraction of sp³-hybridized carbons (Fsp3) is 0.600. The fourth-order valence-corrected chi connectivity index (χ4v) is 1.50. The smallest absolute Gasteiger partial charge is 0.227 e. The molecule has 0 spiro atoms. The largest absolute Gasteiger partial charge is 0.444 e. The number of hydrogen-bond acceptors (Lipinski definition) is 4. The predicted molar refractivity (Wildman–Crippen MR) is 53.8 cm³/mol. The van der Waals surface area contributed by atoms with Crippen LogP contribution in [0.2, 0.25) is 0 Å². The van der Waals surface area contributed by atoms with Crippen LogP contribution in [0.25, 0.3) is 0 Å². The van der Waals surface area contributed by atoms with E-state index in [9.17, 15) is 4.79 Å². The molecule has 0 atom stereocenters. The first-order valence-electron chi connectivity index (χ1n) is 5.06. The zero-order chi connectivity index (χ0) is 10.9. The molecule has 1 fully saturated rings. The molecule has 0 radical (unpaired) electrons. The minimum Gasteiger partial charge on any atom is -0.444 e. The first-order valence-corrected chi connectivity index (χ1v) is 5.06. The summed E-state index contributed by atoms with van der Waals surface area (Å²) in [4.78, 5) is 15.7. The summed E-state index contributed by atoms with van der Waals surface area (Å²) < 4.78 is 5.24. The highest BCUT2D eigenvalue weighted by molar-refractivity contribution is 5.85. The van der Waals surface area contributed by atoms with E-state index in [-0.39, 0.29) is 11.3 Å². The van der Waals surface area contributed by atoms with E-state index >= 15 is 0 Å². The number of nitrogens with two attached hydrogens (primary N) is 1. The zero-order valence-electron chi connectivity index (χ0n) is 8.75. The summed E-state index contributed by atoms with van der Waals surface area (Å²) in [5.41, 5.74) is 5.24. The van der Waals surface area contributed by atoms with Gasteiger partial charge in [0.25, 0.3) is 0 Å². The van der Waals surface area contributed by atoms with Crippen molar-refractivity contribution in [3.63, 3.8) is 0 Å². The Morgan fingerprint density at radius 2 is 2.47 bits per heavy atom. The summed E-state index contributed by atoms with van der Waals surface area (Å²) in [7, 11) is 0. The number of oxazole rings is 1. The van der Waals surface area contributed by atoms with E-state index in [2.05, 4.69) is 10.3 Å². The second-order valence-corrected chi connectivity index (χ2v) is 4.03. The summed E-state index contributed by atoms with van der Waals surface area (Å²) in [6, 6.07) is 0. The van der Waals surface area contributed by atoms with E-state index in [0.29, 0.717) is 19.0 Å². The highest BCUT2D eigenvalue weighted by Gasteiger charge is 2.48. The molecule has 3 N–H and O–H groups in total. The Balaban J connectivity index is 1.86. The molecule has 0 aromatic carbocycles. The Labute approximate surface area is 88.0 Å². The first kappa shape index (κ1) is 10.2. The third kappa shape index (κ3) is 2.02. The van der Waals surface area contributed by atoms with Gasteiger partial charge in [0.05, 0.1) is 18.2 Å².